The van der Waals surface area contributed by atoms with Gasteiger partial charge in [-0.15, -0.1) is 0 Å². The van der Waals surface area contributed by atoms with Gasteiger partial charge < -0.3 is 20.0 Å². The smallest absolute Gasteiger partial charge is 0.225 e. The largest absolute Gasteiger partial charge is 0.369 e. The number of anilines is 2. The molecule has 1 aromatic carbocycles. The summed E-state index contributed by atoms with van der Waals surface area (Å²) in [5.74, 6) is 0.121. The average Bonchev–Trinajstić information content (AvgIpc) is 2.94. The minimum Gasteiger partial charge on any atom is -0.369 e. The summed E-state index contributed by atoms with van der Waals surface area (Å²) in [6.45, 7) is 5.45. The van der Waals surface area contributed by atoms with Gasteiger partial charge in [0.1, 0.15) is 0 Å². The highest BCUT2D eigenvalue weighted by Gasteiger charge is 2.23. The van der Waals surface area contributed by atoms with E-state index in [0.29, 0.717) is 12.5 Å². The fraction of sp³-hybridized carbons (Fsp3) is 0.611. The number of nitrogens with one attached hydrogen (secondary N) is 1. The van der Waals surface area contributed by atoms with Gasteiger partial charge in [-0.3, -0.25) is 4.79 Å². The van der Waals surface area contributed by atoms with Gasteiger partial charge in [-0.2, -0.15) is 0 Å². The Morgan fingerprint density at radius 1 is 1.09 bits per heavy atom. The Hall–Kier alpha value is -1.59. The highest BCUT2D eigenvalue weighted by molar-refractivity contribution is 5.91. The number of amides is 1. The lowest BCUT2D eigenvalue weighted by atomic mass is 10.1. The SMILES string of the molecule is CN1CCN(c2ccc(NC(=O)CC3CCCN3C)cc2)CC1. The first-order valence-electron chi connectivity index (χ1n) is 8.65. The lowest BCUT2D eigenvalue weighted by Crippen LogP contribution is -2.44. The van der Waals surface area contributed by atoms with E-state index in [9.17, 15) is 4.79 Å². The number of hydrogen-bond donors (Lipinski definition) is 1. The molecule has 5 heteroatoms. The molecule has 23 heavy (non-hydrogen) atoms. The van der Waals surface area contributed by atoms with E-state index < -0.39 is 0 Å². The quantitative estimate of drug-likeness (QED) is 0.920. The first-order valence-corrected chi connectivity index (χ1v) is 8.65. The highest BCUT2D eigenvalue weighted by atomic mass is 16.1. The van der Waals surface area contributed by atoms with Crippen molar-refractivity contribution in [3.05, 3.63) is 24.3 Å². The summed E-state index contributed by atoms with van der Waals surface area (Å²) < 4.78 is 0. The number of benzene rings is 1. The van der Waals surface area contributed by atoms with Crippen molar-refractivity contribution in [1.29, 1.82) is 0 Å². The Morgan fingerprint density at radius 2 is 1.78 bits per heavy atom. The van der Waals surface area contributed by atoms with E-state index in [-0.39, 0.29) is 5.91 Å². The Bertz CT molecular complexity index is 522. The van der Waals surface area contributed by atoms with Gasteiger partial charge >= 0.3 is 0 Å². The molecule has 1 atom stereocenters. The third kappa shape index (κ3) is 4.24. The fourth-order valence-electron chi connectivity index (χ4n) is 3.48. The zero-order valence-corrected chi connectivity index (χ0v) is 14.3. The van der Waals surface area contributed by atoms with Crippen LogP contribution in [0.3, 0.4) is 0 Å². The number of hydrogen-bond acceptors (Lipinski definition) is 4. The highest BCUT2D eigenvalue weighted by Crippen LogP contribution is 2.21. The van der Waals surface area contributed by atoms with Gasteiger partial charge in [0.15, 0.2) is 0 Å². The second-order valence-corrected chi connectivity index (χ2v) is 6.87. The minimum absolute atomic E-state index is 0.121. The second kappa shape index (κ2) is 7.32. The molecule has 0 aliphatic carbocycles. The Kier molecular flexibility index (Phi) is 5.18. The predicted octanol–water partition coefficient (Wildman–Crippen LogP) is 1.86. The average molecular weight is 316 g/mol. The second-order valence-electron chi connectivity index (χ2n) is 6.87. The van der Waals surface area contributed by atoms with Crippen LogP contribution in [0, 0.1) is 0 Å². The number of carbonyl (C=O) groups is 1. The summed E-state index contributed by atoms with van der Waals surface area (Å²) in [5.41, 5.74) is 2.14. The summed E-state index contributed by atoms with van der Waals surface area (Å²) >= 11 is 0. The molecule has 0 spiro atoms. The molecule has 0 radical (unpaired) electrons. The lowest BCUT2D eigenvalue weighted by molar-refractivity contribution is -0.117. The summed E-state index contributed by atoms with van der Waals surface area (Å²) in [6, 6.07) is 8.67. The molecule has 0 aromatic heterocycles. The summed E-state index contributed by atoms with van der Waals surface area (Å²) in [6.07, 6.45) is 2.93. The monoisotopic (exact) mass is 316 g/mol. The topological polar surface area (TPSA) is 38.8 Å². The van der Waals surface area contributed by atoms with Crippen molar-refractivity contribution >= 4 is 17.3 Å². The molecular weight excluding hydrogens is 288 g/mol. The van der Waals surface area contributed by atoms with E-state index in [4.69, 9.17) is 0 Å². The van der Waals surface area contributed by atoms with Crippen LogP contribution in [0.15, 0.2) is 24.3 Å². The van der Waals surface area contributed by atoms with E-state index >= 15 is 0 Å². The normalized spacial score (nSPS) is 23.2. The molecule has 3 rings (SSSR count). The van der Waals surface area contributed by atoms with Crippen molar-refractivity contribution < 1.29 is 4.79 Å². The molecule has 5 nitrogen and oxygen atoms in total. The lowest BCUT2D eigenvalue weighted by Gasteiger charge is -2.34. The maximum atomic E-state index is 12.2. The van der Waals surface area contributed by atoms with Crippen LogP contribution in [0.25, 0.3) is 0 Å². The predicted molar refractivity (Wildman–Crippen MR) is 95.1 cm³/mol. The first-order chi connectivity index (χ1) is 11.1. The Morgan fingerprint density at radius 3 is 2.39 bits per heavy atom. The maximum Gasteiger partial charge on any atom is 0.225 e. The van der Waals surface area contributed by atoms with Crippen molar-refractivity contribution in [2.45, 2.75) is 25.3 Å². The van der Waals surface area contributed by atoms with Crippen molar-refractivity contribution in [1.82, 2.24) is 9.80 Å². The number of nitrogens with zero attached hydrogens (tertiary/aromatic N) is 3. The van der Waals surface area contributed by atoms with Gasteiger partial charge in [0, 0.05) is 50.0 Å². The number of piperazine rings is 1. The molecule has 126 valence electrons. The third-order valence-electron chi connectivity index (χ3n) is 5.11. The standard InChI is InChI=1S/C18H28N4O/c1-20-10-12-22(13-11-20)16-7-5-15(6-8-16)19-18(23)14-17-4-3-9-21(17)2/h5-8,17H,3-4,9-14H2,1-2H3,(H,19,23). The van der Waals surface area contributed by atoms with Gasteiger partial charge in [0.05, 0.1) is 0 Å². The van der Waals surface area contributed by atoms with Crippen LogP contribution in [0.4, 0.5) is 11.4 Å². The molecule has 1 amide bonds. The number of rotatable bonds is 4. The number of likely N-dealkylation sites (tertiary alicyclic amines) is 1. The van der Waals surface area contributed by atoms with Gasteiger partial charge in [-0.1, -0.05) is 0 Å². The van der Waals surface area contributed by atoms with Gasteiger partial charge in [0.25, 0.3) is 0 Å². The summed E-state index contributed by atoms with van der Waals surface area (Å²) in [5, 5.41) is 3.03. The third-order valence-corrected chi connectivity index (χ3v) is 5.11. The molecule has 2 aliphatic rings. The molecular formula is C18H28N4O. The molecule has 0 saturated carbocycles. The summed E-state index contributed by atoms with van der Waals surface area (Å²) in [7, 11) is 4.27. The van der Waals surface area contributed by atoms with E-state index in [2.05, 4.69) is 46.2 Å². The van der Waals surface area contributed by atoms with Crippen LogP contribution in [-0.4, -0.2) is 68.6 Å². The maximum absolute atomic E-state index is 12.2. The molecule has 1 unspecified atom stereocenters. The van der Waals surface area contributed by atoms with E-state index in [1.165, 1.54) is 12.1 Å². The van der Waals surface area contributed by atoms with E-state index in [1.54, 1.807) is 0 Å². The van der Waals surface area contributed by atoms with Gasteiger partial charge in [-0.05, 0) is 57.7 Å². The zero-order chi connectivity index (χ0) is 16.2. The van der Waals surface area contributed by atoms with E-state index in [0.717, 1.165) is 44.8 Å². The molecule has 0 bridgehead atoms. The van der Waals surface area contributed by atoms with Crippen molar-refractivity contribution in [2.75, 3.05) is 57.0 Å². The van der Waals surface area contributed by atoms with Crippen LogP contribution < -0.4 is 10.2 Å². The molecule has 1 aromatic rings. The van der Waals surface area contributed by atoms with Crippen molar-refractivity contribution in [3.63, 3.8) is 0 Å². The van der Waals surface area contributed by atoms with Crippen LogP contribution in [0.1, 0.15) is 19.3 Å². The van der Waals surface area contributed by atoms with Crippen LogP contribution in [-0.2, 0) is 4.79 Å². The van der Waals surface area contributed by atoms with Crippen molar-refractivity contribution in [2.24, 2.45) is 0 Å². The molecule has 2 aliphatic heterocycles. The molecule has 2 fully saturated rings. The summed E-state index contributed by atoms with van der Waals surface area (Å²) in [4.78, 5) is 19.2. The molecule has 1 N–H and O–H groups in total. The van der Waals surface area contributed by atoms with Crippen molar-refractivity contribution in [3.8, 4) is 0 Å². The molecule has 2 heterocycles. The van der Waals surface area contributed by atoms with Crippen LogP contribution in [0.5, 0.6) is 0 Å². The Labute approximate surface area is 139 Å². The zero-order valence-electron chi connectivity index (χ0n) is 14.3. The van der Waals surface area contributed by atoms with E-state index in [1.807, 2.05) is 12.1 Å². The number of carbonyl (C=O) groups excluding carboxylic acids is 1. The van der Waals surface area contributed by atoms with Crippen LogP contribution >= 0.6 is 0 Å². The number of likely N-dealkylation sites (N-methyl/N-ethyl adjacent to an activating group) is 1. The molecule has 2 saturated heterocycles. The van der Waals surface area contributed by atoms with Crippen LogP contribution in [0.2, 0.25) is 0 Å². The van der Waals surface area contributed by atoms with Gasteiger partial charge in [-0.25, -0.2) is 0 Å². The minimum atomic E-state index is 0.121. The van der Waals surface area contributed by atoms with Gasteiger partial charge in [0.2, 0.25) is 5.91 Å². The first kappa shape index (κ1) is 16.3. The fourth-order valence-corrected chi connectivity index (χ4v) is 3.48. The Balaban J connectivity index is 1.52.